The summed E-state index contributed by atoms with van der Waals surface area (Å²) in [4.78, 5) is 4.27. The minimum absolute atomic E-state index is 0.0174. The standard InChI is InChI=1S/C12H15N3O2S/c1-7(2)18-6-11-14-12(17-15-11)8-3-4-9(13)10(16)5-8/h3-5,7,16H,6,13H2,1-2H3. The highest BCUT2D eigenvalue weighted by Gasteiger charge is 2.10. The van der Waals surface area contributed by atoms with E-state index >= 15 is 0 Å². The predicted octanol–water partition coefficient (Wildman–Crippen LogP) is 2.67. The Morgan fingerprint density at radius 2 is 2.22 bits per heavy atom. The minimum Gasteiger partial charge on any atom is -0.506 e. The van der Waals surface area contributed by atoms with E-state index in [1.807, 2.05) is 0 Å². The maximum Gasteiger partial charge on any atom is 0.258 e. The molecule has 6 heteroatoms. The van der Waals surface area contributed by atoms with Gasteiger partial charge in [0.1, 0.15) is 5.75 Å². The molecule has 0 aliphatic rings. The second-order valence-corrected chi connectivity index (χ2v) is 5.71. The zero-order chi connectivity index (χ0) is 13.1. The monoisotopic (exact) mass is 265 g/mol. The topological polar surface area (TPSA) is 85.2 Å². The number of anilines is 1. The number of aromatic hydroxyl groups is 1. The summed E-state index contributed by atoms with van der Waals surface area (Å²) in [6.45, 7) is 4.23. The summed E-state index contributed by atoms with van der Waals surface area (Å²) in [5.41, 5.74) is 6.52. The van der Waals surface area contributed by atoms with E-state index < -0.39 is 0 Å². The fourth-order valence-corrected chi connectivity index (χ4v) is 1.95. The average Bonchev–Trinajstić information content (AvgIpc) is 2.79. The van der Waals surface area contributed by atoms with Gasteiger partial charge in [0.05, 0.1) is 11.4 Å². The maximum atomic E-state index is 9.53. The number of rotatable bonds is 4. The molecule has 2 rings (SSSR count). The Kier molecular flexibility index (Phi) is 3.76. The van der Waals surface area contributed by atoms with Crippen molar-refractivity contribution in [3.63, 3.8) is 0 Å². The smallest absolute Gasteiger partial charge is 0.258 e. The molecule has 0 saturated carbocycles. The number of phenols is 1. The van der Waals surface area contributed by atoms with Crippen molar-refractivity contribution in [2.45, 2.75) is 24.9 Å². The second kappa shape index (κ2) is 5.30. The lowest BCUT2D eigenvalue weighted by atomic mass is 10.2. The van der Waals surface area contributed by atoms with Gasteiger partial charge in [-0.25, -0.2) is 0 Å². The van der Waals surface area contributed by atoms with E-state index in [9.17, 15) is 5.11 Å². The number of thioether (sulfide) groups is 1. The molecule has 1 heterocycles. The Morgan fingerprint density at radius 3 is 2.89 bits per heavy atom. The molecule has 2 aromatic rings. The first-order valence-corrected chi connectivity index (χ1v) is 6.64. The van der Waals surface area contributed by atoms with E-state index in [0.29, 0.717) is 34.0 Å². The zero-order valence-electron chi connectivity index (χ0n) is 10.3. The second-order valence-electron chi connectivity index (χ2n) is 4.15. The summed E-state index contributed by atoms with van der Waals surface area (Å²) in [6, 6.07) is 4.86. The van der Waals surface area contributed by atoms with Gasteiger partial charge in [0, 0.05) is 5.56 Å². The lowest BCUT2D eigenvalue weighted by molar-refractivity contribution is 0.424. The van der Waals surface area contributed by atoms with Crippen LogP contribution in [0, 0.1) is 0 Å². The molecule has 1 aromatic carbocycles. The van der Waals surface area contributed by atoms with E-state index in [-0.39, 0.29) is 5.75 Å². The van der Waals surface area contributed by atoms with E-state index in [1.54, 1.807) is 23.9 Å². The van der Waals surface area contributed by atoms with Crippen LogP contribution in [0.2, 0.25) is 0 Å². The number of hydrogen-bond donors (Lipinski definition) is 2. The molecule has 0 fully saturated rings. The third kappa shape index (κ3) is 2.95. The highest BCUT2D eigenvalue weighted by Crippen LogP contribution is 2.27. The van der Waals surface area contributed by atoms with Gasteiger partial charge in [-0.05, 0) is 23.4 Å². The molecule has 0 aliphatic carbocycles. The van der Waals surface area contributed by atoms with Crippen molar-refractivity contribution in [2.24, 2.45) is 0 Å². The predicted molar refractivity (Wildman–Crippen MR) is 72.2 cm³/mol. The molecule has 18 heavy (non-hydrogen) atoms. The average molecular weight is 265 g/mol. The van der Waals surface area contributed by atoms with Crippen molar-refractivity contribution in [1.29, 1.82) is 0 Å². The summed E-state index contributed by atoms with van der Waals surface area (Å²) >= 11 is 1.74. The van der Waals surface area contributed by atoms with Crippen LogP contribution in [-0.4, -0.2) is 20.5 Å². The highest BCUT2D eigenvalue weighted by molar-refractivity contribution is 7.99. The van der Waals surface area contributed by atoms with Crippen LogP contribution < -0.4 is 5.73 Å². The van der Waals surface area contributed by atoms with Crippen molar-refractivity contribution in [3.8, 4) is 17.2 Å². The van der Waals surface area contributed by atoms with Crippen LogP contribution in [0.25, 0.3) is 11.5 Å². The Balaban J connectivity index is 2.16. The van der Waals surface area contributed by atoms with Crippen molar-refractivity contribution >= 4 is 17.4 Å². The zero-order valence-corrected chi connectivity index (χ0v) is 11.1. The highest BCUT2D eigenvalue weighted by atomic mass is 32.2. The molecule has 0 spiro atoms. The number of phenolic OH excluding ortho intramolecular Hbond substituents is 1. The Hall–Kier alpha value is -1.69. The summed E-state index contributed by atoms with van der Waals surface area (Å²) in [6.07, 6.45) is 0. The third-order valence-electron chi connectivity index (χ3n) is 2.29. The van der Waals surface area contributed by atoms with E-state index in [0.717, 1.165) is 0 Å². The number of hydrogen-bond acceptors (Lipinski definition) is 6. The SMILES string of the molecule is CC(C)SCc1noc(-c2ccc(N)c(O)c2)n1. The van der Waals surface area contributed by atoms with Gasteiger partial charge in [0.25, 0.3) is 5.89 Å². The molecular weight excluding hydrogens is 250 g/mol. The fraction of sp³-hybridized carbons (Fsp3) is 0.333. The van der Waals surface area contributed by atoms with Gasteiger partial charge in [0.2, 0.25) is 0 Å². The molecule has 5 nitrogen and oxygen atoms in total. The molecule has 0 bridgehead atoms. The molecule has 0 saturated heterocycles. The maximum absolute atomic E-state index is 9.53. The number of nitrogens with zero attached hydrogens (tertiary/aromatic N) is 2. The summed E-state index contributed by atoms with van der Waals surface area (Å²) in [5, 5.41) is 13.9. The summed E-state index contributed by atoms with van der Waals surface area (Å²) < 4.78 is 5.15. The lowest BCUT2D eigenvalue weighted by Crippen LogP contribution is -1.90. The number of nitrogens with two attached hydrogens (primary N) is 1. The first-order valence-electron chi connectivity index (χ1n) is 5.59. The van der Waals surface area contributed by atoms with Crippen molar-refractivity contribution in [1.82, 2.24) is 10.1 Å². The largest absolute Gasteiger partial charge is 0.506 e. The van der Waals surface area contributed by atoms with Gasteiger partial charge in [-0.15, -0.1) is 0 Å². The number of aromatic nitrogens is 2. The quantitative estimate of drug-likeness (QED) is 0.653. The summed E-state index contributed by atoms with van der Waals surface area (Å²) in [5.74, 6) is 1.77. The Bertz CT molecular complexity index is 540. The first kappa shape index (κ1) is 12.8. The van der Waals surface area contributed by atoms with Crippen LogP contribution in [0.5, 0.6) is 5.75 Å². The number of nitrogen functional groups attached to an aromatic ring is 1. The first-order chi connectivity index (χ1) is 8.56. The van der Waals surface area contributed by atoms with E-state index in [2.05, 4.69) is 24.0 Å². The van der Waals surface area contributed by atoms with Crippen LogP contribution in [0.3, 0.4) is 0 Å². The van der Waals surface area contributed by atoms with Crippen molar-refractivity contribution in [3.05, 3.63) is 24.0 Å². The third-order valence-corrected chi connectivity index (χ3v) is 3.38. The molecule has 0 amide bonds. The van der Waals surface area contributed by atoms with Gasteiger partial charge in [-0.3, -0.25) is 0 Å². The molecule has 0 unspecified atom stereocenters. The Labute approximate surface area is 109 Å². The van der Waals surface area contributed by atoms with Crippen LogP contribution in [0.4, 0.5) is 5.69 Å². The van der Waals surface area contributed by atoms with Gasteiger partial charge in [-0.2, -0.15) is 16.7 Å². The molecule has 1 aromatic heterocycles. The molecule has 0 radical (unpaired) electrons. The molecule has 0 atom stereocenters. The van der Waals surface area contributed by atoms with E-state index in [1.165, 1.54) is 6.07 Å². The normalized spacial score (nSPS) is 11.1. The van der Waals surface area contributed by atoms with Crippen LogP contribution in [0.15, 0.2) is 22.7 Å². The molecule has 96 valence electrons. The van der Waals surface area contributed by atoms with Crippen molar-refractivity contribution < 1.29 is 9.63 Å². The van der Waals surface area contributed by atoms with Gasteiger partial charge in [0.15, 0.2) is 5.82 Å². The minimum atomic E-state index is 0.0174. The van der Waals surface area contributed by atoms with Crippen LogP contribution in [-0.2, 0) is 5.75 Å². The lowest BCUT2D eigenvalue weighted by Gasteiger charge is -2.00. The summed E-state index contributed by atoms with van der Waals surface area (Å²) in [7, 11) is 0. The fourth-order valence-electron chi connectivity index (χ4n) is 1.35. The van der Waals surface area contributed by atoms with Crippen molar-refractivity contribution in [2.75, 3.05) is 5.73 Å². The van der Waals surface area contributed by atoms with Gasteiger partial charge >= 0.3 is 0 Å². The van der Waals surface area contributed by atoms with Gasteiger partial charge < -0.3 is 15.4 Å². The molecular formula is C12H15N3O2S. The van der Waals surface area contributed by atoms with Gasteiger partial charge in [-0.1, -0.05) is 19.0 Å². The molecule has 0 aliphatic heterocycles. The Morgan fingerprint density at radius 1 is 1.44 bits per heavy atom. The molecule has 3 N–H and O–H groups in total. The number of benzene rings is 1. The van der Waals surface area contributed by atoms with Crippen LogP contribution >= 0.6 is 11.8 Å². The van der Waals surface area contributed by atoms with E-state index in [4.69, 9.17) is 10.3 Å². The van der Waals surface area contributed by atoms with Crippen LogP contribution in [0.1, 0.15) is 19.7 Å².